The summed E-state index contributed by atoms with van der Waals surface area (Å²) < 4.78 is 5.40. The van der Waals surface area contributed by atoms with E-state index in [1.54, 1.807) is 11.9 Å². The molecule has 0 radical (unpaired) electrons. The molecule has 1 N–H and O–H groups in total. The standard InChI is InChI=1S/C18H30N2O2/c1-7-15(8-2)19-16-12-10-9-11-14(16)13-20(6)17(21)22-18(3,4)5/h9-12,15,19H,7-8,13H2,1-6H3. The molecule has 0 unspecified atom stereocenters. The predicted octanol–water partition coefficient (Wildman–Crippen LogP) is 4.65. The van der Waals surface area contributed by atoms with Gasteiger partial charge in [-0.3, -0.25) is 0 Å². The Morgan fingerprint density at radius 3 is 2.36 bits per heavy atom. The highest BCUT2D eigenvalue weighted by molar-refractivity contribution is 5.68. The molecule has 0 aliphatic carbocycles. The monoisotopic (exact) mass is 306 g/mol. The molecular weight excluding hydrogens is 276 g/mol. The van der Waals surface area contributed by atoms with Crippen molar-refractivity contribution in [2.24, 2.45) is 0 Å². The minimum Gasteiger partial charge on any atom is -0.444 e. The Balaban J connectivity index is 2.78. The van der Waals surface area contributed by atoms with E-state index in [9.17, 15) is 4.79 Å². The Hall–Kier alpha value is -1.71. The van der Waals surface area contributed by atoms with Crippen molar-refractivity contribution in [2.75, 3.05) is 12.4 Å². The fourth-order valence-electron chi connectivity index (χ4n) is 2.17. The van der Waals surface area contributed by atoms with Crippen molar-refractivity contribution in [1.29, 1.82) is 0 Å². The molecule has 0 bridgehead atoms. The zero-order valence-corrected chi connectivity index (χ0v) is 14.8. The van der Waals surface area contributed by atoms with E-state index >= 15 is 0 Å². The van der Waals surface area contributed by atoms with E-state index < -0.39 is 5.60 Å². The molecule has 0 aromatic heterocycles. The number of rotatable bonds is 6. The smallest absolute Gasteiger partial charge is 0.410 e. The Bertz CT molecular complexity index is 476. The zero-order chi connectivity index (χ0) is 16.8. The second-order valence-corrected chi connectivity index (χ2v) is 6.65. The van der Waals surface area contributed by atoms with Crippen molar-refractivity contribution in [3.05, 3.63) is 29.8 Å². The summed E-state index contributed by atoms with van der Waals surface area (Å²) in [7, 11) is 1.77. The Kier molecular flexibility index (Phi) is 6.72. The van der Waals surface area contributed by atoms with Crippen molar-refractivity contribution in [3.63, 3.8) is 0 Å². The summed E-state index contributed by atoms with van der Waals surface area (Å²) in [5, 5.41) is 3.56. The first-order chi connectivity index (χ1) is 10.3. The van der Waals surface area contributed by atoms with Gasteiger partial charge in [-0.25, -0.2) is 4.79 Å². The lowest BCUT2D eigenvalue weighted by atomic mass is 10.1. The van der Waals surface area contributed by atoms with Gasteiger partial charge in [0.15, 0.2) is 0 Å². The van der Waals surface area contributed by atoms with E-state index in [0.29, 0.717) is 12.6 Å². The molecule has 0 aliphatic rings. The summed E-state index contributed by atoms with van der Waals surface area (Å²) in [6, 6.07) is 8.58. The van der Waals surface area contributed by atoms with Crippen molar-refractivity contribution in [1.82, 2.24) is 4.90 Å². The van der Waals surface area contributed by atoms with Crippen LogP contribution in [0.5, 0.6) is 0 Å². The minimum absolute atomic E-state index is 0.301. The maximum Gasteiger partial charge on any atom is 0.410 e. The number of benzene rings is 1. The molecule has 0 spiro atoms. The van der Waals surface area contributed by atoms with E-state index in [2.05, 4.69) is 25.2 Å². The first kappa shape index (κ1) is 18.3. The molecule has 0 atom stereocenters. The summed E-state index contributed by atoms with van der Waals surface area (Å²) in [5.41, 5.74) is 1.72. The lowest BCUT2D eigenvalue weighted by molar-refractivity contribution is 0.0285. The van der Waals surface area contributed by atoms with Gasteiger partial charge in [0.2, 0.25) is 0 Å². The van der Waals surface area contributed by atoms with Gasteiger partial charge < -0.3 is 15.0 Å². The van der Waals surface area contributed by atoms with Crippen molar-refractivity contribution in [3.8, 4) is 0 Å². The fourth-order valence-corrected chi connectivity index (χ4v) is 2.17. The Morgan fingerprint density at radius 2 is 1.82 bits per heavy atom. The quantitative estimate of drug-likeness (QED) is 0.831. The molecule has 1 amide bonds. The SMILES string of the molecule is CCC(CC)Nc1ccccc1CN(C)C(=O)OC(C)(C)C. The Labute approximate surface area is 134 Å². The molecule has 0 heterocycles. The molecule has 124 valence electrons. The highest BCUT2D eigenvalue weighted by Crippen LogP contribution is 2.20. The van der Waals surface area contributed by atoms with Gasteiger partial charge in [-0.2, -0.15) is 0 Å². The van der Waals surface area contributed by atoms with Gasteiger partial charge in [0.05, 0.1) is 6.54 Å². The molecule has 0 aliphatic heterocycles. The number of nitrogens with zero attached hydrogens (tertiary/aromatic N) is 1. The third kappa shape index (κ3) is 5.96. The largest absolute Gasteiger partial charge is 0.444 e. The lowest BCUT2D eigenvalue weighted by Crippen LogP contribution is -2.34. The molecule has 0 fully saturated rings. The van der Waals surface area contributed by atoms with E-state index in [-0.39, 0.29) is 6.09 Å². The molecule has 4 nitrogen and oxygen atoms in total. The number of hydrogen-bond acceptors (Lipinski definition) is 3. The second kappa shape index (κ2) is 8.06. The number of amides is 1. The predicted molar refractivity (Wildman–Crippen MR) is 92.1 cm³/mol. The zero-order valence-electron chi connectivity index (χ0n) is 14.8. The van der Waals surface area contributed by atoms with E-state index in [0.717, 1.165) is 24.1 Å². The number of carbonyl (C=O) groups is 1. The van der Waals surface area contributed by atoms with E-state index in [1.165, 1.54) is 0 Å². The first-order valence-corrected chi connectivity index (χ1v) is 8.05. The summed E-state index contributed by atoms with van der Waals surface area (Å²) in [6.07, 6.45) is 1.85. The summed E-state index contributed by atoms with van der Waals surface area (Å²) >= 11 is 0. The van der Waals surface area contributed by atoms with Gasteiger partial charge in [-0.05, 0) is 45.2 Å². The third-order valence-corrected chi connectivity index (χ3v) is 3.48. The van der Waals surface area contributed by atoms with Gasteiger partial charge in [0.25, 0.3) is 0 Å². The third-order valence-electron chi connectivity index (χ3n) is 3.48. The molecule has 0 saturated heterocycles. The number of nitrogens with one attached hydrogen (secondary N) is 1. The van der Waals surface area contributed by atoms with Crippen LogP contribution in [-0.2, 0) is 11.3 Å². The maximum absolute atomic E-state index is 12.1. The summed E-state index contributed by atoms with van der Waals surface area (Å²) in [4.78, 5) is 13.7. The van der Waals surface area contributed by atoms with Crippen LogP contribution in [0.15, 0.2) is 24.3 Å². The van der Waals surface area contributed by atoms with Gasteiger partial charge >= 0.3 is 6.09 Å². The van der Waals surface area contributed by atoms with Gasteiger partial charge in [-0.1, -0.05) is 32.0 Å². The topological polar surface area (TPSA) is 41.6 Å². The van der Waals surface area contributed by atoms with Crippen molar-refractivity contribution in [2.45, 2.75) is 65.6 Å². The highest BCUT2D eigenvalue weighted by Gasteiger charge is 2.20. The molecule has 1 aromatic rings. The van der Waals surface area contributed by atoms with Crippen molar-refractivity contribution >= 4 is 11.8 Å². The van der Waals surface area contributed by atoms with Crippen LogP contribution >= 0.6 is 0 Å². The normalized spacial score (nSPS) is 11.4. The van der Waals surface area contributed by atoms with Gasteiger partial charge in [0.1, 0.15) is 5.60 Å². The second-order valence-electron chi connectivity index (χ2n) is 6.65. The van der Waals surface area contributed by atoms with E-state index in [1.807, 2.05) is 39.0 Å². The highest BCUT2D eigenvalue weighted by atomic mass is 16.6. The number of ether oxygens (including phenoxy) is 1. The van der Waals surface area contributed by atoms with E-state index in [4.69, 9.17) is 4.74 Å². The molecular formula is C18H30N2O2. The number of carbonyl (C=O) groups excluding carboxylic acids is 1. The molecule has 0 saturated carbocycles. The van der Waals surface area contributed by atoms with Crippen LogP contribution in [0.2, 0.25) is 0 Å². The van der Waals surface area contributed by atoms with Crippen LogP contribution in [0.3, 0.4) is 0 Å². The summed E-state index contributed by atoms with van der Waals surface area (Å²) in [6.45, 7) is 10.5. The average molecular weight is 306 g/mol. The van der Waals surface area contributed by atoms with Crippen LogP contribution in [0.4, 0.5) is 10.5 Å². The average Bonchev–Trinajstić information content (AvgIpc) is 2.44. The van der Waals surface area contributed by atoms with Gasteiger partial charge in [0, 0.05) is 18.8 Å². The molecule has 22 heavy (non-hydrogen) atoms. The number of hydrogen-bond donors (Lipinski definition) is 1. The maximum atomic E-state index is 12.1. The number of anilines is 1. The minimum atomic E-state index is -0.474. The van der Waals surface area contributed by atoms with Crippen LogP contribution < -0.4 is 5.32 Å². The Morgan fingerprint density at radius 1 is 1.23 bits per heavy atom. The van der Waals surface area contributed by atoms with Crippen LogP contribution in [-0.4, -0.2) is 29.7 Å². The summed E-state index contributed by atoms with van der Waals surface area (Å²) in [5.74, 6) is 0. The number of para-hydroxylation sites is 1. The lowest BCUT2D eigenvalue weighted by Gasteiger charge is -2.26. The van der Waals surface area contributed by atoms with Gasteiger partial charge in [-0.15, -0.1) is 0 Å². The van der Waals surface area contributed by atoms with Crippen LogP contribution in [0.25, 0.3) is 0 Å². The first-order valence-electron chi connectivity index (χ1n) is 8.05. The van der Waals surface area contributed by atoms with Crippen molar-refractivity contribution < 1.29 is 9.53 Å². The molecule has 1 aromatic carbocycles. The van der Waals surface area contributed by atoms with Crippen LogP contribution in [0.1, 0.15) is 53.0 Å². The fraction of sp³-hybridized carbons (Fsp3) is 0.611. The van der Waals surface area contributed by atoms with Crippen LogP contribution in [0, 0.1) is 0 Å². The molecule has 1 rings (SSSR count). The molecule has 4 heteroatoms.